The van der Waals surface area contributed by atoms with Crippen LogP contribution in [0.2, 0.25) is 5.02 Å². The minimum atomic E-state index is -4.62. The van der Waals surface area contributed by atoms with Gasteiger partial charge in [0.25, 0.3) is 0 Å². The molecular weight excluding hydrogens is 409 g/mol. The minimum absolute atomic E-state index is 0.269. The van der Waals surface area contributed by atoms with Crippen LogP contribution in [-0.2, 0) is 11.0 Å². The SMILES string of the molecule is COc1cc(/C=C/C(=O)Nc2ccc(N(C)C)cc2C(F)(F)F)cc(Cl)c1OC. The van der Waals surface area contributed by atoms with Crippen molar-refractivity contribution in [2.45, 2.75) is 6.18 Å². The van der Waals surface area contributed by atoms with Crippen molar-refractivity contribution in [3.05, 3.63) is 52.6 Å². The molecule has 0 aromatic heterocycles. The smallest absolute Gasteiger partial charge is 0.418 e. The summed E-state index contributed by atoms with van der Waals surface area (Å²) >= 11 is 6.10. The van der Waals surface area contributed by atoms with Crippen LogP contribution in [0.1, 0.15) is 11.1 Å². The Hall–Kier alpha value is -2.87. The number of rotatable bonds is 6. The number of halogens is 4. The monoisotopic (exact) mass is 428 g/mol. The van der Waals surface area contributed by atoms with E-state index < -0.39 is 17.6 Å². The van der Waals surface area contributed by atoms with Gasteiger partial charge in [-0.3, -0.25) is 4.79 Å². The molecule has 2 rings (SSSR count). The second-order valence-electron chi connectivity index (χ2n) is 6.18. The predicted molar refractivity (Wildman–Crippen MR) is 108 cm³/mol. The molecule has 156 valence electrons. The number of nitrogens with one attached hydrogen (secondary N) is 1. The molecule has 9 heteroatoms. The van der Waals surface area contributed by atoms with Crippen LogP contribution in [0.15, 0.2) is 36.4 Å². The first-order valence-electron chi connectivity index (χ1n) is 8.36. The average Bonchev–Trinajstić information content (AvgIpc) is 2.65. The van der Waals surface area contributed by atoms with Gasteiger partial charge >= 0.3 is 6.18 Å². The fraction of sp³-hybridized carbons (Fsp3) is 0.250. The molecule has 0 saturated carbocycles. The maximum atomic E-state index is 13.4. The van der Waals surface area contributed by atoms with Crippen molar-refractivity contribution in [3.8, 4) is 11.5 Å². The lowest BCUT2D eigenvalue weighted by atomic mass is 10.1. The molecule has 1 N–H and O–H groups in total. The first-order chi connectivity index (χ1) is 13.6. The molecule has 0 atom stereocenters. The maximum Gasteiger partial charge on any atom is 0.418 e. The average molecular weight is 429 g/mol. The zero-order chi connectivity index (χ0) is 21.8. The quantitative estimate of drug-likeness (QED) is 0.651. The van der Waals surface area contributed by atoms with Gasteiger partial charge in [-0.15, -0.1) is 0 Å². The lowest BCUT2D eigenvalue weighted by Crippen LogP contribution is -2.16. The second-order valence-corrected chi connectivity index (χ2v) is 6.59. The maximum absolute atomic E-state index is 13.4. The summed E-state index contributed by atoms with van der Waals surface area (Å²) in [5, 5.41) is 2.54. The van der Waals surface area contributed by atoms with Gasteiger partial charge in [-0.1, -0.05) is 11.6 Å². The van der Waals surface area contributed by atoms with Gasteiger partial charge in [0.1, 0.15) is 0 Å². The summed E-state index contributed by atoms with van der Waals surface area (Å²) in [5.41, 5.74) is -0.379. The van der Waals surface area contributed by atoms with Crippen molar-refractivity contribution in [2.24, 2.45) is 0 Å². The fourth-order valence-corrected chi connectivity index (χ4v) is 2.83. The van der Waals surface area contributed by atoms with Crippen LogP contribution in [0.4, 0.5) is 24.5 Å². The number of hydrogen-bond acceptors (Lipinski definition) is 4. The van der Waals surface area contributed by atoms with Gasteiger partial charge in [0.05, 0.1) is 30.5 Å². The summed E-state index contributed by atoms with van der Waals surface area (Å²) in [6.45, 7) is 0. The normalized spacial score (nSPS) is 11.4. The molecule has 2 aromatic carbocycles. The zero-order valence-electron chi connectivity index (χ0n) is 16.2. The number of benzene rings is 2. The number of alkyl halides is 3. The summed E-state index contributed by atoms with van der Waals surface area (Å²) in [4.78, 5) is 13.7. The Morgan fingerprint density at radius 2 is 1.83 bits per heavy atom. The van der Waals surface area contributed by atoms with E-state index in [9.17, 15) is 18.0 Å². The van der Waals surface area contributed by atoms with Crippen molar-refractivity contribution in [1.82, 2.24) is 0 Å². The van der Waals surface area contributed by atoms with E-state index in [1.165, 1.54) is 32.4 Å². The van der Waals surface area contributed by atoms with E-state index in [2.05, 4.69) is 5.32 Å². The lowest BCUT2D eigenvalue weighted by molar-refractivity contribution is -0.136. The van der Waals surface area contributed by atoms with Gasteiger partial charge in [-0.25, -0.2) is 0 Å². The number of carbonyl (C=O) groups excluding carboxylic acids is 1. The number of nitrogens with zero attached hydrogens (tertiary/aromatic N) is 1. The van der Waals surface area contributed by atoms with Gasteiger partial charge in [-0.2, -0.15) is 13.2 Å². The predicted octanol–water partition coefficient (Wildman–Crippen LogP) is 5.09. The van der Waals surface area contributed by atoms with Gasteiger partial charge in [0.2, 0.25) is 5.91 Å². The third-order valence-corrected chi connectivity index (χ3v) is 4.25. The first-order valence-corrected chi connectivity index (χ1v) is 8.73. The van der Waals surface area contributed by atoms with Crippen molar-refractivity contribution in [2.75, 3.05) is 38.5 Å². The molecule has 0 fully saturated rings. The van der Waals surface area contributed by atoms with Crippen LogP contribution in [0.3, 0.4) is 0 Å². The van der Waals surface area contributed by atoms with Crippen LogP contribution >= 0.6 is 11.6 Å². The van der Waals surface area contributed by atoms with Gasteiger partial charge < -0.3 is 19.7 Å². The molecule has 1 amide bonds. The van der Waals surface area contributed by atoms with E-state index >= 15 is 0 Å². The van der Waals surface area contributed by atoms with Crippen molar-refractivity contribution in [1.29, 1.82) is 0 Å². The Kier molecular flexibility index (Phi) is 7.02. The molecule has 0 aliphatic rings. The van der Waals surface area contributed by atoms with Crippen LogP contribution < -0.4 is 19.7 Å². The van der Waals surface area contributed by atoms with Crippen molar-refractivity contribution < 1.29 is 27.4 Å². The van der Waals surface area contributed by atoms with E-state index in [0.29, 0.717) is 22.7 Å². The van der Waals surface area contributed by atoms with E-state index in [1.807, 2.05) is 0 Å². The molecule has 0 saturated heterocycles. The van der Waals surface area contributed by atoms with Gasteiger partial charge in [0, 0.05) is 25.9 Å². The highest BCUT2D eigenvalue weighted by Crippen LogP contribution is 2.38. The Morgan fingerprint density at radius 3 is 2.38 bits per heavy atom. The second kappa shape index (κ2) is 9.09. The van der Waals surface area contributed by atoms with Crippen molar-refractivity contribution in [3.63, 3.8) is 0 Å². The third kappa shape index (κ3) is 5.57. The number of methoxy groups -OCH3 is 2. The molecule has 0 heterocycles. The molecule has 0 spiro atoms. The summed E-state index contributed by atoms with van der Waals surface area (Å²) in [6.07, 6.45) is -2.10. The molecule has 29 heavy (non-hydrogen) atoms. The molecule has 0 aliphatic heterocycles. The first kappa shape index (κ1) is 22.4. The number of anilines is 2. The Labute approximate surface area is 171 Å². The number of hydrogen-bond donors (Lipinski definition) is 1. The standard InChI is InChI=1S/C20H20ClF3N2O3/c1-26(2)13-6-7-16(14(11-13)20(22,23)24)25-18(27)8-5-12-9-15(21)19(29-4)17(10-12)28-3/h5-11H,1-4H3,(H,25,27)/b8-5+. The topological polar surface area (TPSA) is 50.8 Å². The largest absolute Gasteiger partial charge is 0.493 e. The zero-order valence-corrected chi connectivity index (χ0v) is 17.0. The molecule has 0 unspecified atom stereocenters. The minimum Gasteiger partial charge on any atom is -0.493 e. The highest BCUT2D eigenvalue weighted by molar-refractivity contribution is 6.32. The van der Waals surface area contributed by atoms with Crippen LogP contribution in [0, 0.1) is 0 Å². The van der Waals surface area contributed by atoms with Gasteiger partial charge in [0.15, 0.2) is 11.5 Å². The van der Waals surface area contributed by atoms with E-state index in [-0.39, 0.29) is 10.7 Å². The lowest BCUT2D eigenvalue weighted by Gasteiger charge is -2.18. The van der Waals surface area contributed by atoms with Crippen LogP contribution in [0.5, 0.6) is 11.5 Å². The van der Waals surface area contributed by atoms with E-state index in [4.69, 9.17) is 21.1 Å². The molecule has 0 aliphatic carbocycles. The number of carbonyl (C=O) groups is 1. The van der Waals surface area contributed by atoms with Gasteiger partial charge in [-0.05, 0) is 42.0 Å². The highest BCUT2D eigenvalue weighted by atomic mass is 35.5. The Bertz CT molecular complexity index is 928. The third-order valence-electron chi connectivity index (χ3n) is 3.97. The summed E-state index contributed by atoms with van der Waals surface area (Å²) in [6, 6.07) is 6.81. The molecule has 0 bridgehead atoms. The molecular formula is C20H20ClF3N2O3. The van der Waals surface area contributed by atoms with Crippen LogP contribution in [0.25, 0.3) is 6.08 Å². The molecule has 5 nitrogen and oxygen atoms in total. The number of ether oxygens (including phenoxy) is 2. The summed E-state index contributed by atoms with van der Waals surface area (Å²) in [7, 11) is 6.13. The summed E-state index contributed by atoms with van der Waals surface area (Å²) < 4.78 is 50.4. The van der Waals surface area contributed by atoms with E-state index in [0.717, 1.165) is 12.1 Å². The summed E-state index contributed by atoms with van der Waals surface area (Å²) in [5.74, 6) is -0.0238. The van der Waals surface area contributed by atoms with Crippen LogP contribution in [-0.4, -0.2) is 34.2 Å². The molecule has 0 radical (unpaired) electrons. The van der Waals surface area contributed by atoms with Crippen molar-refractivity contribution >= 4 is 35.0 Å². The highest BCUT2D eigenvalue weighted by Gasteiger charge is 2.34. The van der Waals surface area contributed by atoms with E-state index in [1.54, 1.807) is 31.1 Å². The fourth-order valence-electron chi connectivity index (χ4n) is 2.53. The Balaban J connectivity index is 2.26. The number of amides is 1. The molecule has 2 aromatic rings. The Morgan fingerprint density at radius 1 is 1.14 bits per heavy atom.